The molecule has 1 saturated carbocycles. The van der Waals surface area contributed by atoms with Crippen molar-refractivity contribution in [3.05, 3.63) is 23.9 Å². The summed E-state index contributed by atoms with van der Waals surface area (Å²) in [6.45, 7) is 6.61. The molecule has 0 aromatic carbocycles. The number of nitrogens with one attached hydrogen (secondary N) is 1. The quantitative estimate of drug-likeness (QED) is 0.846. The molecule has 122 valence electrons. The van der Waals surface area contributed by atoms with E-state index in [1.165, 1.54) is 0 Å². The van der Waals surface area contributed by atoms with Crippen LogP contribution < -0.4 is 10.2 Å². The van der Waals surface area contributed by atoms with Gasteiger partial charge in [0.1, 0.15) is 5.82 Å². The Morgan fingerprint density at radius 1 is 1.36 bits per heavy atom. The lowest BCUT2D eigenvalue weighted by molar-refractivity contribution is 0.0873. The van der Waals surface area contributed by atoms with E-state index in [0.717, 1.165) is 44.6 Å². The summed E-state index contributed by atoms with van der Waals surface area (Å²) in [4.78, 5) is 18.7. The second-order valence-corrected chi connectivity index (χ2v) is 5.97. The molecule has 1 aliphatic carbocycles. The second-order valence-electron chi connectivity index (χ2n) is 5.97. The number of rotatable bonds is 6. The van der Waals surface area contributed by atoms with Crippen molar-refractivity contribution in [2.75, 3.05) is 24.5 Å². The fourth-order valence-electron chi connectivity index (χ4n) is 3.04. The number of carbonyl (C=O) groups is 1. The van der Waals surface area contributed by atoms with Crippen molar-refractivity contribution in [1.82, 2.24) is 10.3 Å². The molecule has 1 aromatic heterocycles. The van der Waals surface area contributed by atoms with E-state index in [1.807, 2.05) is 12.1 Å². The van der Waals surface area contributed by atoms with Crippen molar-refractivity contribution in [1.29, 1.82) is 0 Å². The van der Waals surface area contributed by atoms with Crippen LogP contribution in [0.1, 0.15) is 49.9 Å². The summed E-state index contributed by atoms with van der Waals surface area (Å²) < 4.78 is 0. The molecule has 2 N–H and O–H groups in total. The lowest BCUT2D eigenvalue weighted by atomic mass is 9.87. The largest absolute Gasteiger partial charge is 0.393 e. The fourth-order valence-corrected chi connectivity index (χ4v) is 3.04. The normalized spacial score (nSPS) is 21.4. The van der Waals surface area contributed by atoms with Crippen LogP contribution in [-0.2, 0) is 0 Å². The van der Waals surface area contributed by atoms with Crippen molar-refractivity contribution < 1.29 is 9.90 Å². The molecule has 1 amide bonds. The maximum atomic E-state index is 12.2. The highest BCUT2D eigenvalue weighted by molar-refractivity contribution is 5.94. The van der Waals surface area contributed by atoms with Crippen LogP contribution in [0.5, 0.6) is 0 Å². The van der Waals surface area contributed by atoms with Crippen LogP contribution in [0.3, 0.4) is 0 Å². The van der Waals surface area contributed by atoms with Gasteiger partial charge in [-0.25, -0.2) is 4.98 Å². The van der Waals surface area contributed by atoms with Gasteiger partial charge in [0.15, 0.2) is 0 Å². The van der Waals surface area contributed by atoms with Crippen molar-refractivity contribution in [2.45, 2.75) is 45.6 Å². The molecule has 0 radical (unpaired) electrons. The van der Waals surface area contributed by atoms with Crippen molar-refractivity contribution in [3.63, 3.8) is 0 Å². The minimum Gasteiger partial charge on any atom is -0.393 e. The Hall–Kier alpha value is -1.62. The predicted octanol–water partition coefficient (Wildman–Crippen LogP) is 2.21. The number of aromatic nitrogens is 1. The number of anilines is 1. The maximum Gasteiger partial charge on any atom is 0.252 e. The Bertz CT molecular complexity index is 471. The molecule has 0 aliphatic heterocycles. The van der Waals surface area contributed by atoms with Gasteiger partial charge in [-0.05, 0) is 51.2 Å². The Balaban J connectivity index is 1.87. The summed E-state index contributed by atoms with van der Waals surface area (Å²) in [6.07, 6.45) is 5.24. The highest BCUT2D eigenvalue weighted by atomic mass is 16.3. The number of carbonyl (C=O) groups excluding carboxylic acids is 1. The third-order valence-electron chi connectivity index (χ3n) is 4.40. The molecule has 5 heteroatoms. The van der Waals surface area contributed by atoms with E-state index >= 15 is 0 Å². The average Bonchev–Trinajstić information content (AvgIpc) is 2.54. The number of nitrogens with zero attached hydrogens (tertiary/aromatic N) is 2. The first-order valence-corrected chi connectivity index (χ1v) is 8.31. The van der Waals surface area contributed by atoms with Crippen LogP contribution >= 0.6 is 0 Å². The molecular weight excluding hydrogens is 278 g/mol. The Labute approximate surface area is 132 Å². The molecule has 22 heavy (non-hydrogen) atoms. The second kappa shape index (κ2) is 8.13. The average molecular weight is 305 g/mol. The van der Waals surface area contributed by atoms with E-state index in [2.05, 4.69) is 29.0 Å². The fraction of sp³-hybridized carbons (Fsp3) is 0.647. The van der Waals surface area contributed by atoms with Gasteiger partial charge in [-0.15, -0.1) is 0 Å². The van der Waals surface area contributed by atoms with Crippen LogP contribution in [0.4, 0.5) is 5.82 Å². The topological polar surface area (TPSA) is 65.5 Å². The van der Waals surface area contributed by atoms with Gasteiger partial charge in [0.05, 0.1) is 11.7 Å². The molecule has 1 aromatic rings. The first-order valence-electron chi connectivity index (χ1n) is 8.31. The molecule has 1 heterocycles. The highest BCUT2D eigenvalue weighted by Crippen LogP contribution is 2.23. The molecule has 5 nitrogen and oxygen atoms in total. The lowest BCUT2D eigenvalue weighted by Gasteiger charge is -2.25. The highest BCUT2D eigenvalue weighted by Gasteiger charge is 2.20. The van der Waals surface area contributed by atoms with Gasteiger partial charge < -0.3 is 15.3 Å². The molecule has 0 bridgehead atoms. The summed E-state index contributed by atoms with van der Waals surface area (Å²) in [5, 5.41) is 12.6. The SMILES string of the molecule is CCN(CC)c1ccc(C(=O)NCC2CCCC(O)C2)cn1. The van der Waals surface area contributed by atoms with E-state index in [4.69, 9.17) is 0 Å². The maximum absolute atomic E-state index is 12.2. The van der Waals surface area contributed by atoms with E-state index < -0.39 is 0 Å². The Kier molecular flexibility index (Phi) is 6.19. The predicted molar refractivity (Wildman–Crippen MR) is 88.1 cm³/mol. The minimum atomic E-state index is -0.203. The van der Waals surface area contributed by atoms with Crippen molar-refractivity contribution in [2.24, 2.45) is 5.92 Å². The summed E-state index contributed by atoms with van der Waals surface area (Å²) >= 11 is 0. The molecule has 0 spiro atoms. The summed E-state index contributed by atoms with van der Waals surface area (Å²) in [5.74, 6) is 1.20. The molecular formula is C17H27N3O2. The van der Waals surface area contributed by atoms with Gasteiger partial charge in [0.2, 0.25) is 0 Å². The monoisotopic (exact) mass is 305 g/mol. The van der Waals surface area contributed by atoms with Crippen LogP contribution in [-0.4, -0.2) is 41.7 Å². The molecule has 2 atom stereocenters. The van der Waals surface area contributed by atoms with Gasteiger partial charge in [0, 0.05) is 25.8 Å². The molecule has 1 aliphatic rings. The third-order valence-corrected chi connectivity index (χ3v) is 4.40. The summed E-state index contributed by atoms with van der Waals surface area (Å²) in [5.41, 5.74) is 0.590. The van der Waals surface area contributed by atoms with Gasteiger partial charge in [-0.1, -0.05) is 6.42 Å². The van der Waals surface area contributed by atoms with Crippen LogP contribution in [0, 0.1) is 5.92 Å². The molecule has 1 fully saturated rings. The number of amides is 1. The number of hydrogen-bond acceptors (Lipinski definition) is 4. The summed E-state index contributed by atoms with van der Waals surface area (Å²) in [7, 11) is 0. The number of aliphatic hydroxyl groups excluding tert-OH is 1. The van der Waals surface area contributed by atoms with E-state index in [9.17, 15) is 9.90 Å². The third kappa shape index (κ3) is 4.44. The zero-order valence-electron chi connectivity index (χ0n) is 13.6. The van der Waals surface area contributed by atoms with Gasteiger partial charge in [-0.2, -0.15) is 0 Å². The Morgan fingerprint density at radius 3 is 2.73 bits per heavy atom. The van der Waals surface area contributed by atoms with Crippen LogP contribution in [0.15, 0.2) is 18.3 Å². The van der Waals surface area contributed by atoms with Crippen LogP contribution in [0.2, 0.25) is 0 Å². The smallest absolute Gasteiger partial charge is 0.252 e. The molecule has 2 unspecified atom stereocenters. The van der Waals surface area contributed by atoms with Gasteiger partial charge >= 0.3 is 0 Å². The van der Waals surface area contributed by atoms with E-state index in [-0.39, 0.29) is 12.0 Å². The molecule has 0 saturated heterocycles. The standard InChI is InChI=1S/C17H27N3O2/c1-3-20(4-2)16-9-8-14(12-18-16)17(22)19-11-13-6-5-7-15(21)10-13/h8-9,12-13,15,21H,3-7,10-11H2,1-2H3,(H,19,22). The van der Waals surface area contributed by atoms with Gasteiger partial charge in [-0.3, -0.25) is 4.79 Å². The van der Waals surface area contributed by atoms with Gasteiger partial charge in [0.25, 0.3) is 5.91 Å². The number of pyridine rings is 1. The first-order chi connectivity index (χ1) is 10.6. The minimum absolute atomic E-state index is 0.0846. The van der Waals surface area contributed by atoms with Crippen molar-refractivity contribution in [3.8, 4) is 0 Å². The lowest BCUT2D eigenvalue weighted by Crippen LogP contribution is -2.33. The first kappa shape index (κ1) is 16.7. The van der Waals surface area contributed by atoms with Crippen LogP contribution in [0.25, 0.3) is 0 Å². The van der Waals surface area contributed by atoms with E-state index in [1.54, 1.807) is 6.20 Å². The number of hydrogen-bond donors (Lipinski definition) is 2. The molecule has 2 rings (SSSR count). The Morgan fingerprint density at radius 2 is 2.14 bits per heavy atom. The van der Waals surface area contributed by atoms with E-state index in [0.29, 0.717) is 18.0 Å². The zero-order valence-corrected chi connectivity index (χ0v) is 13.6. The van der Waals surface area contributed by atoms with Crippen molar-refractivity contribution >= 4 is 11.7 Å². The number of aliphatic hydroxyl groups is 1. The zero-order chi connectivity index (χ0) is 15.9. The summed E-state index contributed by atoms with van der Waals surface area (Å²) in [6, 6.07) is 3.72.